The van der Waals surface area contributed by atoms with Gasteiger partial charge in [-0.25, -0.2) is 4.98 Å². The summed E-state index contributed by atoms with van der Waals surface area (Å²) in [5.41, 5.74) is 5.45. The van der Waals surface area contributed by atoms with Gasteiger partial charge in [-0.3, -0.25) is 4.79 Å². The maximum atomic E-state index is 11.6. The van der Waals surface area contributed by atoms with Crippen molar-refractivity contribution in [3.8, 4) is 0 Å². The van der Waals surface area contributed by atoms with E-state index in [-0.39, 0.29) is 17.4 Å². The standard InChI is InChI=1S/C10H15N3O2S/c1-3-7(9(11)16)10(14)13-5-8-12-4-6(2)15-8/h4,7H,3,5H2,1-2H3,(H2,11,16)(H,13,14). The normalized spacial score (nSPS) is 12.1. The third-order valence-electron chi connectivity index (χ3n) is 2.15. The van der Waals surface area contributed by atoms with Gasteiger partial charge in [0.1, 0.15) is 5.76 Å². The molecule has 88 valence electrons. The Kier molecular flexibility index (Phi) is 4.42. The summed E-state index contributed by atoms with van der Waals surface area (Å²) in [6.07, 6.45) is 2.19. The molecule has 0 radical (unpaired) electrons. The molecule has 1 aromatic heterocycles. The maximum Gasteiger partial charge on any atom is 0.230 e. The molecule has 0 aromatic carbocycles. The van der Waals surface area contributed by atoms with Gasteiger partial charge in [-0.1, -0.05) is 19.1 Å². The zero-order valence-corrected chi connectivity index (χ0v) is 10.1. The van der Waals surface area contributed by atoms with E-state index in [0.717, 1.165) is 0 Å². The van der Waals surface area contributed by atoms with Crippen LogP contribution in [0.25, 0.3) is 0 Å². The molecule has 1 atom stereocenters. The second-order valence-corrected chi connectivity index (χ2v) is 3.92. The van der Waals surface area contributed by atoms with Crippen LogP contribution in [0.5, 0.6) is 0 Å². The van der Waals surface area contributed by atoms with Gasteiger partial charge in [0.05, 0.1) is 23.6 Å². The highest BCUT2D eigenvalue weighted by Crippen LogP contribution is 2.05. The molecule has 0 spiro atoms. The number of carbonyl (C=O) groups is 1. The molecule has 0 fully saturated rings. The Morgan fingerprint density at radius 3 is 2.88 bits per heavy atom. The number of hydrogen-bond donors (Lipinski definition) is 2. The Morgan fingerprint density at radius 1 is 1.75 bits per heavy atom. The minimum absolute atomic E-state index is 0.189. The molecule has 1 aromatic rings. The molecule has 0 aliphatic rings. The minimum atomic E-state index is -0.425. The molecule has 0 saturated heterocycles. The number of hydrogen-bond acceptors (Lipinski definition) is 4. The zero-order valence-electron chi connectivity index (χ0n) is 9.32. The number of nitrogens with zero attached hydrogens (tertiary/aromatic N) is 1. The lowest BCUT2D eigenvalue weighted by Gasteiger charge is -2.12. The Morgan fingerprint density at radius 2 is 2.44 bits per heavy atom. The minimum Gasteiger partial charge on any atom is -0.444 e. The fourth-order valence-corrected chi connectivity index (χ4v) is 1.56. The van der Waals surface area contributed by atoms with E-state index in [0.29, 0.717) is 18.1 Å². The van der Waals surface area contributed by atoms with E-state index in [4.69, 9.17) is 22.4 Å². The van der Waals surface area contributed by atoms with Crippen molar-refractivity contribution >= 4 is 23.1 Å². The Hall–Kier alpha value is -1.43. The number of nitrogens with one attached hydrogen (secondary N) is 1. The smallest absolute Gasteiger partial charge is 0.230 e. The quantitative estimate of drug-likeness (QED) is 0.749. The first-order valence-corrected chi connectivity index (χ1v) is 5.43. The molecular weight excluding hydrogens is 226 g/mol. The van der Waals surface area contributed by atoms with E-state index in [1.54, 1.807) is 13.1 Å². The van der Waals surface area contributed by atoms with Crippen LogP contribution in [-0.2, 0) is 11.3 Å². The number of thiocarbonyl (C=S) groups is 1. The molecule has 5 nitrogen and oxygen atoms in total. The van der Waals surface area contributed by atoms with Crippen molar-refractivity contribution in [3.05, 3.63) is 17.8 Å². The van der Waals surface area contributed by atoms with Gasteiger partial charge in [0, 0.05) is 0 Å². The van der Waals surface area contributed by atoms with Crippen molar-refractivity contribution in [2.45, 2.75) is 26.8 Å². The first-order chi connectivity index (χ1) is 7.54. The number of aryl methyl sites for hydroxylation is 1. The van der Waals surface area contributed by atoms with Gasteiger partial charge in [0.15, 0.2) is 0 Å². The largest absolute Gasteiger partial charge is 0.444 e. The van der Waals surface area contributed by atoms with E-state index >= 15 is 0 Å². The van der Waals surface area contributed by atoms with E-state index in [9.17, 15) is 4.79 Å². The summed E-state index contributed by atoms with van der Waals surface area (Å²) in [6, 6.07) is 0. The Bertz CT molecular complexity index is 389. The van der Waals surface area contributed by atoms with Crippen molar-refractivity contribution in [2.75, 3.05) is 0 Å². The monoisotopic (exact) mass is 241 g/mol. The highest BCUT2D eigenvalue weighted by molar-refractivity contribution is 7.80. The van der Waals surface area contributed by atoms with Crippen molar-refractivity contribution < 1.29 is 9.21 Å². The van der Waals surface area contributed by atoms with Crippen LogP contribution in [0.1, 0.15) is 25.0 Å². The van der Waals surface area contributed by atoms with Crippen molar-refractivity contribution in [1.29, 1.82) is 0 Å². The fraction of sp³-hybridized carbons (Fsp3) is 0.500. The van der Waals surface area contributed by atoms with Gasteiger partial charge >= 0.3 is 0 Å². The van der Waals surface area contributed by atoms with Crippen molar-refractivity contribution in [3.63, 3.8) is 0 Å². The van der Waals surface area contributed by atoms with Crippen LogP contribution >= 0.6 is 12.2 Å². The van der Waals surface area contributed by atoms with Crippen LogP contribution in [0.4, 0.5) is 0 Å². The average Bonchev–Trinajstić information content (AvgIpc) is 2.62. The number of oxazole rings is 1. The lowest BCUT2D eigenvalue weighted by Crippen LogP contribution is -2.37. The van der Waals surface area contributed by atoms with Gasteiger partial charge < -0.3 is 15.5 Å². The number of amides is 1. The second-order valence-electron chi connectivity index (χ2n) is 3.45. The summed E-state index contributed by atoms with van der Waals surface area (Å²) in [4.78, 5) is 15.8. The lowest BCUT2D eigenvalue weighted by atomic mass is 10.1. The molecule has 16 heavy (non-hydrogen) atoms. The van der Waals surface area contributed by atoms with Crippen molar-refractivity contribution in [1.82, 2.24) is 10.3 Å². The molecule has 0 aliphatic carbocycles. The van der Waals surface area contributed by atoms with Crippen LogP contribution in [0, 0.1) is 12.8 Å². The van der Waals surface area contributed by atoms with E-state index < -0.39 is 5.92 Å². The van der Waals surface area contributed by atoms with Gasteiger partial charge in [0.25, 0.3) is 0 Å². The van der Waals surface area contributed by atoms with Gasteiger partial charge in [0.2, 0.25) is 11.8 Å². The Labute approximate surface area is 99.4 Å². The highest BCUT2D eigenvalue weighted by atomic mass is 32.1. The molecule has 1 unspecified atom stereocenters. The number of aromatic nitrogens is 1. The second kappa shape index (κ2) is 5.60. The number of rotatable bonds is 5. The van der Waals surface area contributed by atoms with E-state index in [2.05, 4.69) is 10.3 Å². The highest BCUT2D eigenvalue weighted by Gasteiger charge is 2.19. The maximum absolute atomic E-state index is 11.6. The van der Waals surface area contributed by atoms with Crippen LogP contribution in [0.15, 0.2) is 10.6 Å². The topological polar surface area (TPSA) is 81.2 Å². The summed E-state index contributed by atoms with van der Waals surface area (Å²) < 4.78 is 5.22. The summed E-state index contributed by atoms with van der Waals surface area (Å²) >= 11 is 4.81. The molecule has 0 bridgehead atoms. The summed E-state index contributed by atoms with van der Waals surface area (Å²) in [6.45, 7) is 3.91. The molecule has 0 saturated carbocycles. The SMILES string of the molecule is CCC(C(=O)NCc1ncc(C)o1)C(N)=S. The molecule has 0 aliphatic heterocycles. The van der Waals surface area contributed by atoms with Crippen LogP contribution in [0.2, 0.25) is 0 Å². The van der Waals surface area contributed by atoms with Crippen LogP contribution in [0.3, 0.4) is 0 Å². The fourth-order valence-electron chi connectivity index (χ4n) is 1.28. The first-order valence-electron chi connectivity index (χ1n) is 5.03. The molecule has 1 rings (SSSR count). The molecule has 3 N–H and O–H groups in total. The van der Waals surface area contributed by atoms with Crippen molar-refractivity contribution in [2.24, 2.45) is 11.7 Å². The summed E-state index contributed by atoms with van der Waals surface area (Å²) in [5, 5.41) is 2.68. The molecule has 1 amide bonds. The number of carbonyl (C=O) groups excluding carboxylic acids is 1. The van der Waals surface area contributed by atoms with Gasteiger partial charge in [-0.2, -0.15) is 0 Å². The molecule has 1 heterocycles. The van der Waals surface area contributed by atoms with E-state index in [1.807, 2.05) is 6.92 Å². The third kappa shape index (κ3) is 3.30. The first kappa shape index (κ1) is 12.6. The average molecular weight is 241 g/mol. The number of nitrogens with two attached hydrogens (primary N) is 1. The lowest BCUT2D eigenvalue weighted by molar-refractivity contribution is -0.123. The third-order valence-corrected chi connectivity index (χ3v) is 2.44. The molecular formula is C10H15N3O2S. The van der Waals surface area contributed by atoms with Gasteiger partial charge in [-0.05, 0) is 13.3 Å². The Balaban J connectivity index is 2.49. The predicted octanol–water partition coefficient (Wildman–Crippen LogP) is 0.912. The summed E-state index contributed by atoms with van der Waals surface area (Å²) in [5.74, 6) is 0.575. The summed E-state index contributed by atoms with van der Waals surface area (Å²) in [7, 11) is 0. The predicted molar refractivity (Wildman–Crippen MR) is 63.7 cm³/mol. The molecule has 6 heteroatoms. The zero-order chi connectivity index (χ0) is 12.1. The van der Waals surface area contributed by atoms with Gasteiger partial charge in [-0.15, -0.1) is 0 Å². The van der Waals surface area contributed by atoms with Crippen LogP contribution in [-0.4, -0.2) is 15.9 Å². The van der Waals surface area contributed by atoms with E-state index in [1.165, 1.54) is 0 Å². The van der Waals surface area contributed by atoms with Crippen LogP contribution < -0.4 is 11.1 Å².